The number of ether oxygens (including phenoxy) is 1. The summed E-state index contributed by atoms with van der Waals surface area (Å²) in [5, 5.41) is 9.07. The Kier molecular flexibility index (Phi) is 2.60. The molecule has 66 valence electrons. The van der Waals surface area contributed by atoms with Gasteiger partial charge in [-0.15, -0.1) is 0 Å². The maximum atomic E-state index is 12.9. The highest BCUT2D eigenvalue weighted by Crippen LogP contribution is 2.17. The number of rotatable bonds is 2. The predicted octanol–water partition coefficient (Wildman–Crippen LogP) is 1.28. The Hall–Kier alpha value is -1.16. The van der Waals surface area contributed by atoms with E-state index in [1.165, 1.54) is 26.2 Å². The third kappa shape index (κ3) is 1.71. The van der Waals surface area contributed by atoms with E-state index >= 15 is 0 Å². The van der Waals surface area contributed by atoms with E-state index in [1.54, 1.807) is 0 Å². The van der Waals surface area contributed by atoms with Crippen molar-refractivity contribution in [3.05, 3.63) is 23.6 Å². The van der Waals surface area contributed by atoms with Crippen LogP contribution in [0.5, 0.6) is 5.88 Å². The van der Waals surface area contributed by atoms with Gasteiger partial charge in [0.2, 0.25) is 5.88 Å². The standard InChI is InChI=1S/C8H10FNO2/c1-5(11)8-6(9)3-4-7(10-8)12-2/h3-5,11H,1-2H3. The zero-order chi connectivity index (χ0) is 9.14. The molecule has 0 bridgehead atoms. The monoisotopic (exact) mass is 171 g/mol. The second kappa shape index (κ2) is 3.49. The molecule has 0 aliphatic carbocycles. The summed E-state index contributed by atoms with van der Waals surface area (Å²) in [6, 6.07) is 2.62. The van der Waals surface area contributed by atoms with Gasteiger partial charge in [0.1, 0.15) is 11.5 Å². The number of hydrogen-bond acceptors (Lipinski definition) is 3. The van der Waals surface area contributed by atoms with E-state index in [-0.39, 0.29) is 5.69 Å². The Morgan fingerprint density at radius 3 is 2.75 bits per heavy atom. The quantitative estimate of drug-likeness (QED) is 0.728. The van der Waals surface area contributed by atoms with Crippen molar-refractivity contribution in [1.82, 2.24) is 4.98 Å². The van der Waals surface area contributed by atoms with Crippen LogP contribution in [-0.2, 0) is 0 Å². The van der Waals surface area contributed by atoms with Gasteiger partial charge in [0, 0.05) is 6.07 Å². The van der Waals surface area contributed by atoms with Crippen LogP contribution in [0.3, 0.4) is 0 Å². The SMILES string of the molecule is COc1ccc(F)c(C(C)O)n1. The maximum Gasteiger partial charge on any atom is 0.213 e. The van der Waals surface area contributed by atoms with Gasteiger partial charge in [-0.1, -0.05) is 0 Å². The molecule has 0 amide bonds. The number of methoxy groups -OCH3 is 1. The minimum absolute atomic E-state index is 0.00866. The first-order valence-electron chi connectivity index (χ1n) is 3.53. The van der Waals surface area contributed by atoms with Crippen molar-refractivity contribution in [3.8, 4) is 5.88 Å². The summed E-state index contributed by atoms with van der Waals surface area (Å²) in [5.74, 6) is -0.224. The molecule has 1 rings (SSSR count). The topological polar surface area (TPSA) is 42.4 Å². The van der Waals surface area contributed by atoms with Crippen molar-refractivity contribution in [2.75, 3.05) is 7.11 Å². The van der Waals surface area contributed by atoms with Gasteiger partial charge in [0.05, 0.1) is 13.2 Å². The normalized spacial score (nSPS) is 12.7. The fourth-order valence-corrected chi connectivity index (χ4v) is 0.846. The Labute approximate surface area is 69.8 Å². The molecule has 0 aliphatic rings. The zero-order valence-electron chi connectivity index (χ0n) is 6.91. The largest absolute Gasteiger partial charge is 0.481 e. The number of halogens is 1. The van der Waals surface area contributed by atoms with Crippen molar-refractivity contribution < 1.29 is 14.2 Å². The van der Waals surface area contributed by atoms with Gasteiger partial charge in [0.15, 0.2) is 0 Å². The Morgan fingerprint density at radius 2 is 2.25 bits per heavy atom. The number of hydrogen-bond donors (Lipinski definition) is 1. The molecular weight excluding hydrogens is 161 g/mol. The van der Waals surface area contributed by atoms with Crippen LogP contribution in [-0.4, -0.2) is 17.2 Å². The summed E-state index contributed by atoms with van der Waals surface area (Å²) in [5.41, 5.74) is 0.00866. The zero-order valence-corrected chi connectivity index (χ0v) is 6.91. The van der Waals surface area contributed by atoms with Gasteiger partial charge in [-0.25, -0.2) is 9.37 Å². The van der Waals surface area contributed by atoms with E-state index in [0.717, 1.165) is 0 Å². The molecule has 1 aromatic heterocycles. The third-order valence-corrected chi connectivity index (χ3v) is 1.45. The molecule has 1 heterocycles. The van der Waals surface area contributed by atoms with Gasteiger partial charge >= 0.3 is 0 Å². The van der Waals surface area contributed by atoms with Gasteiger partial charge in [0.25, 0.3) is 0 Å². The lowest BCUT2D eigenvalue weighted by Gasteiger charge is -2.06. The second-order valence-electron chi connectivity index (χ2n) is 2.40. The highest BCUT2D eigenvalue weighted by Gasteiger charge is 2.10. The number of aliphatic hydroxyl groups is 1. The molecule has 4 heteroatoms. The average molecular weight is 171 g/mol. The minimum atomic E-state index is -0.917. The van der Waals surface area contributed by atoms with Crippen molar-refractivity contribution in [1.29, 1.82) is 0 Å². The van der Waals surface area contributed by atoms with Gasteiger partial charge in [-0.3, -0.25) is 0 Å². The van der Waals surface area contributed by atoms with Crippen LogP contribution in [0.1, 0.15) is 18.7 Å². The van der Waals surface area contributed by atoms with Gasteiger partial charge in [-0.2, -0.15) is 0 Å². The lowest BCUT2D eigenvalue weighted by Crippen LogP contribution is -2.01. The van der Waals surface area contributed by atoms with Crippen LogP contribution in [0.4, 0.5) is 4.39 Å². The molecular formula is C8H10FNO2. The Morgan fingerprint density at radius 1 is 1.58 bits per heavy atom. The molecule has 1 atom stereocenters. The van der Waals surface area contributed by atoms with Crippen LogP contribution in [0.25, 0.3) is 0 Å². The molecule has 0 saturated heterocycles. The summed E-state index contributed by atoms with van der Waals surface area (Å²) in [7, 11) is 1.44. The molecule has 0 aromatic carbocycles. The first kappa shape index (κ1) is 8.93. The molecule has 0 aliphatic heterocycles. The maximum absolute atomic E-state index is 12.9. The van der Waals surface area contributed by atoms with E-state index in [0.29, 0.717) is 5.88 Å². The van der Waals surface area contributed by atoms with E-state index in [1.807, 2.05) is 0 Å². The second-order valence-corrected chi connectivity index (χ2v) is 2.40. The molecule has 0 saturated carbocycles. The molecule has 1 N–H and O–H groups in total. The van der Waals surface area contributed by atoms with Gasteiger partial charge in [-0.05, 0) is 13.0 Å². The smallest absolute Gasteiger partial charge is 0.213 e. The number of aromatic nitrogens is 1. The van der Waals surface area contributed by atoms with Crippen LogP contribution in [0, 0.1) is 5.82 Å². The van der Waals surface area contributed by atoms with Crippen molar-refractivity contribution in [2.45, 2.75) is 13.0 Å². The number of nitrogens with zero attached hydrogens (tertiary/aromatic N) is 1. The molecule has 0 spiro atoms. The summed E-state index contributed by atoms with van der Waals surface area (Å²) >= 11 is 0. The first-order valence-corrected chi connectivity index (χ1v) is 3.53. The van der Waals surface area contributed by atoms with Crippen molar-refractivity contribution in [2.24, 2.45) is 0 Å². The molecule has 1 unspecified atom stereocenters. The fraction of sp³-hybridized carbons (Fsp3) is 0.375. The summed E-state index contributed by atoms with van der Waals surface area (Å²) < 4.78 is 17.6. The molecule has 1 aromatic rings. The van der Waals surface area contributed by atoms with Crippen LogP contribution >= 0.6 is 0 Å². The molecule has 0 radical (unpaired) electrons. The minimum Gasteiger partial charge on any atom is -0.481 e. The van der Waals surface area contributed by atoms with Crippen LogP contribution in [0.2, 0.25) is 0 Å². The van der Waals surface area contributed by atoms with Crippen molar-refractivity contribution >= 4 is 0 Å². The number of pyridine rings is 1. The summed E-state index contributed by atoms with van der Waals surface area (Å²) in [6.07, 6.45) is -0.917. The van der Waals surface area contributed by atoms with Crippen LogP contribution in [0.15, 0.2) is 12.1 Å². The molecule has 12 heavy (non-hydrogen) atoms. The van der Waals surface area contributed by atoms with E-state index < -0.39 is 11.9 Å². The first-order chi connectivity index (χ1) is 5.65. The predicted molar refractivity (Wildman–Crippen MR) is 41.4 cm³/mol. The summed E-state index contributed by atoms with van der Waals surface area (Å²) in [4.78, 5) is 3.74. The Balaban J connectivity index is 3.08. The highest BCUT2D eigenvalue weighted by atomic mass is 19.1. The summed E-state index contributed by atoms with van der Waals surface area (Å²) in [6.45, 7) is 1.45. The number of aliphatic hydroxyl groups excluding tert-OH is 1. The van der Waals surface area contributed by atoms with E-state index in [4.69, 9.17) is 9.84 Å². The van der Waals surface area contributed by atoms with Crippen molar-refractivity contribution in [3.63, 3.8) is 0 Å². The average Bonchev–Trinajstić information content (AvgIpc) is 2.05. The molecule has 3 nitrogen and oxygen atoms in total. The highest BCUT2D eigenvalue weighted by molar-refractivity contribution is 5.18. The Bertz CT molecular complexity index is 276. The van der Waals surface area contributed by atoms with Crippen LogP contribution < -0.4 is 4.74 Å². The lowest BCUT2D eigenvalue weighted by atomic mass is 10.2. The lowest BCUT2D eigenvalue weighted by molar-refractivity contribution is 0.187. The fourth-order valence-electron chi connectivity index (χ4n) is 0.846. The van der Waals surface area contributed by atoms with E-state index in [9.17, 15) is 4.39 Å². The third-order valence-electron chi connectivity index (χ3n) is 1.45. The van der Waals surface area contributed by atoms with Gasteiger partial charge < -0.3 is 9.84 Å². The van der Waals surface area contributed by atoms with E-state index in [2.05, 4.69) is 4.98 Å². The molecule has 0 fully saturated rings.